The number of hydrogen-bond acceptors (Lipinski definition) is 3. The third-order valence-corrected chi connectivity index (χ3v) is 4.72. The van der Waals surface area contributed by atoms with Gasteiger partial charge in [-0.25, -0.2) is 0 Å². The van der Waals surface area contributed by atoms with Crippen molar-refractivity contribution in [1.82, 2.24) is 5.32 Å². The average molecular weight is 338 g/mol. The lowest BCUT2D eigenvalue weighted by molar-refractivity contribution is -0.137. The zero-order chi connectivity index (χ0) is 14.1. The summed E-state index contributed by atoms with van der Waals surface area (Å²) in [5.41, 5.74) is 0.968. The Hall–Kier alpha value is -1.20. The Bertz CT molecular complexity index is 522. The van der Waals surface area contributed by atoms with Crippen molar-refractivity contribution in [2.45, 2.75) is 18.8 Å². The summed E-state index contributed by atoms with van der Waals surface area (Å²) in [5.74, 6) is -0.271. The van der Waals surface area contributed by atoms with Crippen LogP contribution < -0.4 is 5.32 Å². The van der Waals surface area contributed by atoms with Crippen LogP contribution in [0.2, 0.25) is 0 Å². The highest BCUT2D eigenvalue weighted by molar-refractivity contribution is 9.10. The minimum Gasteiger partial charge on any atom is -0.381 e. The van der Waals surface area contributed by atoms with E-state index in [1.807, 2.05) is 24.3 Å². The molecule has 0 bridgehead atoms. The third kappa shape index (κ3) is 2.65. The van der Waals surface area contributed by atoms with Crippen LogP contribution in [-0.4, -0.2) is 25.0 Å². The summed E-state index contributed by atoms with van der Waals surface area (Å²) in [6, 6.07) is 7.77. The van der Waals surface area contributed by atoms with E-state index in [1.54, 1.807) is 0 Å². The van der Waals surface area contributed by atoms with Gasteiger partial charge in [0.25, 0.3) is 0 Å². The van der Waals surface area contributed by atoms with Gasteiger partial charge in [0, 0.05) is 24.1 Å². The Labute approximate surface area is 126 Å². The summed E-state index contributed by atoms with van der Waals surface area (Å²) in [4.78, 5) is 24.0. The molecular formula is C15H16BrNO3. The Morgan fingerprint density at radius 2 is 1.95 bits per heavy atom. The molecule has 2 saturated heterocycles. The van der Waals surface area contributed by atoms with E-state index in [2.05, 4.69) is 21.2 Å². The Morgan fingerprint density at radius 3 is 2.60 bits per heavy atom. The molecule has 1 N–H and O–H groups in total. The topological polar surface area (TPSA) is 55.4 Å². The van der Waals surface area contributed by atoms with Gasteiger partial charge in [-0.1, -0.05) is 28.1 Å². The van der Waals surface area contributed by atoms with Crippen LogP contribution in [0, 0.1) is 11.8 Å². The van der Waals surface area contributed by atoms with Crippen molar-refractivity contribution in [2.24, 2.45) is 11.8 Å². The SMILES string of the molecule is O=C1CC(C2CCOC2)C(c2ccc(Br)cc2)C(=O)N1. The van der Waals surface area contributed by atoms with E-state index >= 15 is 0 Å². The van der Waals surface area contributed by atoms with Gasteiger partial charge in [-0.15, -0.1) is 0 Å². The molecule has 106 valence electrons. The van der Waals surface area contributed by atoms with Gasteiger partial charge in [-0.3, -0.25) is 14.9 Å². The molecule has 0 aromatic heterocycles. The standard InChI is InChI=1S/C15H16BrNO3/c16-11-3-1-9(2-4-11)14-12(10-5-6-20-8-10)7-13(18)17-15(14)19/h1-4,10,12,14H,5-8H2,(H,17,18,19). The molecule has 5 heteroatoms. The highest BCUT2D eigenvalue weighted by Crippen LogP contribution is 2.39. The van der Waals surface area contributed by atoms with Crippen LogP contribution in [-0.2, 0) is 14.3 Å². The Kier molecular flexibility index (Phi) is 3.89. The van der Waals surface area contributed by atoms with Crippen LogP contribution >= 0.6 is 15.9 Å². The van der Waals surface area contributed by atoms with E-state index in [4.69, 9.17) is 4.74 Å². The number of piperidine rings is 1. The normalized spacial score (nSPS) is 30.4. The van der Waals surface area contributed by atoms with Crippen molar-refractivity contribution < 1.29 is 14.3 Å². The Morgan fingerprint density at radius 1 is 1.20 bits per heavy atom. The fraction of sp³-hybridized carbons (Fsp3) is 0.467. The minimum atomic E-state index is -0.257. The van der Waals surface area contributed by atoms with Gasteiger partial charge in [-0.05, 0) is 36.0 Å². The van der Waals surface area contributed by atoms with Crippen LogP contribution in [0.1, 0.15) is 24.3 Å². The van der Waals surface area contributed by atoms with Crippen molar-refractivity contribution in [2.75, 3.05) is 13.2 Å². The molecule has 2 aliphatic rings. The van der Waals surface area contributed by atoms with E-state index in [9.17, 15) is 9.59 Å². The van der Waals surface area contributed by atoms with Crippen LogP contribution in [0.15, 0.2) is 28.7 Å². The number of rotatable bonds is 2. The highest BCUT2D eigenvalue weighted by Gasteiger charge is 2.42. The number of hydrogen-bond donors (Lipinski definition) is 1. The molecule has 0 aliphatic carbocycles. The van der Waals surface area contributed by atoms with Crippen LogP contribution in [0.5, 0.6) is 0 Å². The fourth-order valence-electron chi connectivity index (χ4n) is 3.19. The summed E-state index contributed by atoms with van der Waals surface area (Å²) in [5, 5.41) is 2.47. The van der Waals surface area contributed by atoms with E-state index in [0.29, 0.717) is 18.9 Å². The first-order valence-corrected chi connectivity index (χ1v) is 7.61. The molecule has 4 nitrogen and oxygen atoms in total. The van der Waals surface area contributed by atoms with Crippen LogP contribution in [0.3, 0.4) is 0 Å². The number of carbonyl (C=O) groups excluding carboxylic acids is 2. The summed E-state index contributed by atoms with van der Waals surface area (Å²) in [7, 11) is 0. The molecule has 3 unspecified atom stereocenters. The van der Waals surface area contributed by atoms with Crippen molar-refractivity contribution >= 4 is 27.7 Å². The number of carbonyl (C=O) groups is 2. The number of amides is 2. The monoisotopic (exact) mass is 337 g/mol. The minimum absolute atomic E-state index is 0.0416. The van der Waals surface area contributed by atoms with Crippen LogP contribution in [0.4, 0.5) is 0 Å². The number of nitrogens with one attached hydrogen (secondary N) is 1. The maximum absolute atomic E-state index is 12.3. The molecule has 2 heterocycles. The second-order valence-electron chi connectivity index (χ2n) is 5.43. The molecular weight excluding hydrogens is 322 g/mol. The molecule has 3 rings (SSSR count). The van der Waals surface area contributed by atoms with Crippen molar-refractivity contribution in [3.63, 3.8) is 0 Å². The number of ether oxygens (including phenoxy) is 1. The van der Waals surface area contributed by atoms with Gasteiger partial charge < -0.3 is 4.74 Å². The molecule has 0 radical (unpaired) electrons. The molecule has 0 saturated carbocycles. The zero-order valence-corrected chi connectivity index (χ0v) is 12.6. The maximum Gasteiger partial charge on any atom is 0.234 e. The molecule has 2 aliphatic heterocycles. The van der Waals surface area contributed by atoms with Gasteiger partial charge >= 0.3 is 0 Å². The highest BCUT2D eigenvalue weighted by atomic mass is 79.9. The van der Waals surface area contributed by atoms with E-state index in [-0.39, 0.29) is 23.7 Å². The van der Waals surface area contributed by atoms with E-state index < -0.39 is 0 Å². The number of imide groups is 1. The summed E-state index contributed by atoms with van der Waals surface area (Å²) < 4.78 is 6.41. The zero-order valence-electron chi connectivity index (χ0n) is 11.0. The van der Waals surface area contributed by atoms with E-state index in [0.717, 1.165) is 23.1 Å². The molecule has 20 heavy (non-hydrogen) atoms. The molecule has 0 spiro atoms. The van der Waals surface area contributed by atoms with Gasteiger partial charge in [-0.2, -0.15) is 0 Å². The maximum atomic E-state index is 12.3. The number of halogens is 1. The summed E-state index contributed by atoms with van der Waals surface area (Å²) >= 11 is 3.40. The largest absolute Gasteiger partial charge is 0.381 e. The number of benzene rings is 1. The van der Waals surface area contributed by atoms with Crippen molar-refractivity contribution in [3.05, 3.63) is 34.3 Å². The van der Waals surface area contributed by atoms with Gasteiger partial charge in [0.1, 0.15) is 0 Å². The lowest BCUT2D eigenvalue weighted by Gasteiger charge is -2.33. The predicted molar refractivity (Wildman–Crippen MR) is 77.1 cm³/mol. The van der Waals surface area contributed by atoms with Crippen molar-refractivity contribution in [3.8, 4) is 0 Å². The summed E-state index contributed by atoms with van der Waals surface area (Å²) in [6.07, 6.45) is 1.33. The third-order valence-electron chi connectivity index (χ3n) is 4.19. The van der Waals surface area contributed by atoms with Gasteiger partial charge in [0.15, 0.2) is 0 Å². The first-order chi connectivity index (χ1) is 9.65. The smallest absolute Gasteiger partial charge is 0.234 e. The lowest BCUT2D eigenvalue weighted by Crippen LogP contribution is -2.46. The second-order valence-corrected chi connectivity index (χ2v) is 6.35. The molecule has 2 amide bonds. The fourth-order valence-corrected chi connectivity index (χ4v) is 3.45. The molecule has 1 aromatic rings. The van der Waals surface area contributed by atoms with Gasteiger partial charge in [0.05, 0.1) is 5.92 Å². The van der Waals surface area contributed by atoms with E-state index in [1.165, 1.54) is 0 Å². The lowest BCUT2D eigenvalue weighted by atomic mass is 9.73. The predicted octanol–water partition coefficient (Wildman–Crippen LogP) is 2.23. The average Bonchev–Trinajstić information content (AvgIpc) is 2.93. The quantitative estimate of drug-likeness (QED) is 0.842. The summed E-state index contributed by atoms with van der Waals surface area (Å²) in [6.45, 7) is 1.38. The molecule has 2 fully saturated rings. The molecule has 3 atom stereocenters. The van der Waals surface area contributed by atoms with Crippen LogP contribution in [0.25, 0.3) is 0 Å². The first kappa shape index (κ1) is 13.8. The second kappa shape index (κ2) is 5.66. The molecule has 1 aromatic carbocycles. The first-order valence-electron chi connectivity index (χ1n) is 6.82. The van der Waals surface area contributed by atoms with Crippen molar-refractivity contribution in [1.29, 1.82) is 0 Å². The Balaban J connectivity index is 1.92. The van der Waals surface area contributed by atoms with Gasteiger partial charge in [0.2, 0.25) is 11.8 Å².